The first-order valence-corrected chi connectivity index (χ1v) is 11.8. The molecule has 2 aromatic carbocycles. The minimum absolute atomic E-state index is 0.0501. The Morgan fingerprint density at radius 2 is 2.03 bits per heavy atom. The first kappa shape index (κ1) is 24.0. The monoisotopic (exact) mass is 493 g/mol. The first-order chi connectivity index (χ1) is 17.6. The van der Waals surface area contributed by atoms with E-state index >= 15 is 4.39 Å². The number of hydrogen-bond donors (Lipinski definition) is 1. The van der Waals surface area contributed by atoms with Crippen molar-refractivity contribution in [3.8, 4) is 22.8 Å². The molecule has 0 saturated carbocycles. The zero-order chi connectivity index (χ0) is 25.1. The number of hydrogen-bond acceptors (Lipinski definition) is 8. The Morgan fingerprint density at radius 1 is 1.14 bits per heavy atom. The highest BCUT2D eigenvalue weighted by atomic mass is 19.1. The van der Waals surface area contributed by atoms with Crippen molar-refractivity contribution >= 4 is 22.4 Å². The summed E-state index contributed by atoms with van der Waals surface area (Å²) in [5, 5.41) is 14.2. The van der Waals surface area contributed by atoms with Gasteiger partial charge in [0.05, 0.1) is 55.6 Å². The highest BCUT2D eigenvalue weighted by molar-refractivity contribution is 5.82. The van der Waals surface area contributed by atoms with Crippen molar-refractivity contribution in [2.45, 2.75) is 25.5 Å². The summed E-state index contributed by atoms with van der Waals surface area (Å²) in [4.78, 5) is 11.0. The summed E-state index contributed by atoms with van der Waals surface area (Å²) in [5.74, 6) is -0.0637. The van der Waals surface area contributed by atoms with Gasteiger partial charge in [-0.25, -0.2) is 14.1 Å². The zero-order valence-corrected chi connectivity index (χ0v) is 20.2. The fraction of sp³-hybridized carbons (Fsp3) is 0.346. The molecule has 0 spiro atoms. The molecule has 10 heteroatoms. The van der Waals surface area contributed by atoms with Crippen LogP contribution >= 0.6 is 0 Å². The Balaban J connectivity index is 1.51. The molecule has 3 heterocycles. The van der Waals surface area contributed by atoms with Crippen LogP contribution in [-0.4, -0.2) is 58.8 Å². The second kappa shape index (κ2) is 10.5. The Morgan fingerprint density at radius 3 is 2.78 bits per heavy atom. The molecule has 1 N–H and O–H groups in total. The number of anilines is 2. The van der Waals surface area contributed by atoms with Crippen LogP contribution in [0.5, 0.6) is 11.5 Å². The molecule has 1 aliphatic rings. The zero-order valence-electron chi connectivity index (χ0n) is 20.2. The molecule has 1 atom stereocenters. The van der Waals surface area contributed by atoms with E-state index in [-0.39, 0.29) is 30.8 Å². The van der Waals surface area contributed by atoms with E-state index in [2.05, 4.69) is 10.1 Å². The summed E-state index contributed by atoms with van der Waals surface area (Å²) in [6.45, 7) is 0.702. The van der Waals surface area contributed by atoms with Gasteiger partial charge in [0.1, 0.15) is 12.0 Å². The molecule has 188 valence electrons. The van der Waals surface area contributed by atoms with Gasteiger partial charge in [-0.1, -0.05) is 0 Å². The van der Waals surface area contributed by atoms with Crippen LogP contribution in [0.4, 0.5) is 15.8 Å². The van der Waals surface area contributed by atoms with E-state index in [1.54, 1.807) is 23.4 Å². The number of aromatic nitrogens is 4. The SMILES string of the molecule is COc1cc(OC)c(F)c(N(CCO)c2ccc3ncc(-c4cnn(C5CCCCO5)c4)nc3c2)c1. The van der Waals surface area contributed by atoms with Crippen LogP contribution in [0.2, 0.25) is 0 Å². The van der Waals surface area contributed by atoms with E-state index < -0.39 is 5.82 Å². The molecule has 0 radical (unpaired) electrons. The van der Waals surface area contributed by atoms with Gasteiger partial charge in [0.2, 0.25) is 0 Å². The lowest BCUT2D eigenvalue weighted by Gasteiger charge is -2.26. The van der Waals surface area contributed by atoms with Gasteiger partial charge in [-0.3, -0.25) is 4.98 Å². The third-order valence-electron chi connectivity index (χ3n) is 6.25. The van der Waals surface area contributed by atoms with Gasteiger partial charge >= 0.3 is 0 Å². The molecule has 4 aromatic rings. The fourth-order valence-corrected chi connectivity index (χ4v) is 4.38. The van der Waals surface area contributed by atoms with E-state index in [0.717, 1.165) is 31.4 Å². The molecule has 36 heavy (non-hydrogen) atoms. The minimum Gasteiger partial charge on any atom is -0.497 e. The van der Waals surface area contributed by atoms with Crippen LogP contribution in [-0.2, 0) is 4.74 Å². The molecule has 5 rings (SSSR count). The molecule has 2 aromatic heterocycles. The lowest BCUT2D eigenvalue weighted by molar-refractivity contribution is -0.0394. The number of aliphatic hydroxyl groups excluding tert-OH is 1. The number of fused-ring (bicyclic) bond motifs is 1. The van der Waals surface area contributed by atoms with E-state index in [1.807, 2.05) is 29.1 Å². The smallest absolute Gasteiger partial charge is 0.188 e. The molecular formula is C26H28FN5O4. The van der Waals surface area contributed by atoms with E-state index in [9.17, 15) is 5.11 Å². The Hall–Kier alpha value is -3.76. The maximum atomic E-state index is 15.3. The third kappa shape index (κ3) is 4.69. The van der Waals surface area contributed by atoms with E-state index in [4.69, 9.17) is 19.2 Å². The molecule has 1 unspecified atom stereocenters. The minimum atomic E-state index is -0.552. The molecular weight excluding hydrogens is 465 g/mol. The Labute approximate surface area is 208 Å². The number of nitrogens with zero attached hydrogens (tertiary/aromatic N) is 5. The van der Waals surface area contributed by atoms with Crippen LogP contribution in [0.1, 0.15) is 25.5 Å². The lowest BCUT2D eigenvalue weighted by Crippen LogP contribution is -2.22. The van der Waals surface area contributed by atoms with E-state index in [0.29, 0.717) is 28.2 Å². The van der Waals surface area contributed by atoms with Crippen LogP contribution in [0, 0.1) is 5.82 Å². The summed E-state index contributed by atoms with van der Waals surface area (Å²) >= 11 is 0. The number of ether oxygens (including phenoxy) is 3. The largest absolute Gasteiger partial charge is 0.497 e. The van der Waals surface area contributed by atoms with Crippen molar-refractivity contribution in [2.75, 3.05) is 38.9 Å². The van der Waals surface area contributed by atoms with Crippen LogP contribution in [0.3, 0.4) is 0 Å². The molecule has 0 bridgehead atoms. The second-order valence-electron chi connectivity index (χ2n) is 8.50. The highest BCUT2D eigenvalue weighted by Gasteiger charge is 2.21. The quantitative estimate of drug-likeness (QED) is 0.384. The molecule has 0 aliphatic carbocycles. The second-order valence-corrected chi connectivity index (χ2v) is 8.50. The summed E-state index contributed by atoms with van der Waals surface area (Å²) < 4.78 is 33.4. The van der Waals surface area contributed by atoms with Crippen molar-refractivity contribution in [3.63, 3.8) is 0 Å². The number of benzene rings is 2. The maximum Gasteiger partial charge on any atom is 0.188 e. The van der Waals surface area contributed by atoms with Crippen molar-refractivity contribution in [3.05, 3.63) is 54.7 Å². The van der Waals surface area contributed by atoms with Crippen molar-refractivity contribution in [1.29, 1.82) is 0 Å². The van der Waals surface area contributed by atoms with Gasteiger partial charge in [-0.15, -0.1) is 0 Å². The van der Waals surface area contributed by atoms with Gasteiger partial charge in [0.25, 0.3) is 0 Å². The molecule has 9 nitrogen and oxygen atoms in total. The van der Waals surface area contributed by atoms with E-state index in [1.165, 1.54) is 20.3 Å². The third-order valence-corrected chi connectivity index (χ3v) is 6.25. The summed E-state index contributed by atoms with van der Waals surface area (Å²) in [6.07, 6.45) is 8.45. The standard InChI is InChI=1S/C26H28FN5O4/c1-34-19-12-23(26(27)24(13-19)35-2)31(8-9-33)18-6-7-20-21(11-18)30-22(15-28-20)17-14-29-32(16-17)25-5-3-4-10-36-25/h6-7,11-16,25,33H,3-5,8-10H2,1-2H3. The Bertz CT molecular complexity index is 1360. The Kier molecular flexibility index (Phi) is 6.97. The molecule has 1 saturated heterocycles. The summed E-state index contributed by atoms with van der Waals surface area (Å²) in [7, 11) is 2.90. The fourth-order valence-electron chi connectivity index (χ4n) is 4.38. The van der Waals surface area contributed by atoms with Gasteiger partial charge in [-0.05, 0) is 37.5 Å². The van der Waals surface area contributed by atoms with Gasteiger partial charge < -0.3 is 24.2 Å². The van der Waals surface area contributed by atoms with Crippen LogP contribution in [0.15, 0.2) is 48.9 Å². The highest BCUT2D eigenvalue weighted by Crippen LogP contribution is 2.37. The van der Waals surface area contributed by atoms with Crippen molar-refractivity contribution < 1.29 is 23.7 Å². The predicted molar refractivity (Wildman–Crippen MR) is 133 cm³/mol. The van der Waals surface area contributed by atoms with Crippen LogP contribution in [0.25, 0.3) is 22.3 Å². The predicted octanol–water partition coefficient (Wildman–Crippen LogP) is 4.48. The topological polar surface area (TPSA) is 94.8 Å². The normalized spacial score (nSPS) is 15.7. The summed E-state index contributed by atoms with van der Waals surface area (Å²) in [5.41, 5.74) is 3.69. The molecule has 1 aliphatic heterocycles. The van der Waals surface area contributed by atoms with Crippen molar-refractivity contribution in [1.82, 2.24) is 19.7 Å². The first-order valence-electron chi connectivity index (χ1n) is 11.8. The number of halogens is 1. The average Bonchev–Trinajstić information content (AvgIpc) is 3.42. The number of rotatable bonds is 8. The van der Waals surface area contributed by atoms with Gasteiger partial charge in [0, 0.05) is 42.7 Å². The van der Waals surface area contributed by atoms with Crippen molar-refractivity contribution in [2.24, 2.45) is 0 Å². The summed E-state index contributed by atoms with van der Waals surface area (Å²) in [6, 6.07) is 8.51. The maximum absolute atomic E-state index is 15.3. The number of methoxy groups -OCH3 is 2. The molecule has 1 fully saturated rings. The van der Waals surface area contributed by atoms with Gasteiger partial charge in [0.15, 0.2) is 11.6 Å². The molecule has 0 amide bonds. The number of aliphatic hydroxyl groups is 1. The van der Waals surface area contributed by atoms with Gasteiger partial charge in [-0.2, -0.15) is 5.10 Å². The lowest BCUT2D eigenvalue weighted by atomic mass is 10.1. The van der Waals surface area contributed by atoms with Crippen LogP contribution < -0.4 is 14.4 Å². The average molecular weight is 494 g/mol.